The van der Waals surface area contributed by atoms with Crippen LogP contribution in [0.1, 0.15) is 47.7 Å². The minimum absolute atomic E-state index is 0.194. The molecule has 0 aliphatic heterocycles. The first-order chi connectivity index (χ1) is 10.1. The van der Waals surface area contributed by atoms with Gasteiger partial charge in [-0.2, -0.15) is 5.10 Å². The zero-order valence-electron chi connectivity index (χ0n) is 12.3. The summed E-state index contributed by atoms with van der Waals surface area (Å²) in [5, 5.41) is 5.81. The smallest absolute Gasteiger partial charge is 0.272 e. The van der Waals surface area contributed by atoms with Crippen molar-refractivity contribution in [3.8, 4) is 0 Å². The van der Waals surface area contributed by atoms with Crippen LogP contribution in [0.25, 0.3) is 6.08 Å². The van der Waals surface area contributed by atoms with Crippen LogP contribution in [0.5, 0.6) is 0 Å². The van der Waals surface area contributed by atoms with E-state index in [0.717, 1.165) is 11.3 Å². The van der Waals surface area contributed by atoms with Crippen LogP contribution >= 0.6 is 11.3 Å². The van der Waals surface area contributed by atoms with Gasteiger partial charge in [-0.3, -0.25) is 4.79 Å². The summed E-state index contributed by atoms with van der Waals surface area (Å²) in [7, 11) is 0. The fourth-order valence-electron chi connectivity index (χ4n) is 1.67. The highest BCUT2D eigenvalue weighted by molar-refractivity contribution is 7.10. The Labute approximate surface area is 128 Å². The molecular formula is C16H18N2O2S. The number of hydrogen-bond donors (Lipinski definition) is 1. The molecule has 0 radical (unpaired) electrons. The first-order valence-electron chi connectivity index (χ1n) is 6.70. The molecule has 1 amide bonds. The second kappa shape index (κ2) is 7.04. The molecule has 0 spiro atoms. The Kier molecular flexibility index (Phi) is 5.11. The second-order valence-corrected chi connectivity index (χ2v) is 5.94. The Morgan fingerprint density at radius 2 is 2.29 bits per heavy atom. The highest BCUT2D eigenvalue weighted by atomic mass is 32.1. The summed E-state index contributed by atoms with van der Waals surface area (Å²) in [6.45, 7) is 6.10. The van der Waals surface area contributed by atoms with E-state index in [9.17, 15) is 4.79 Å². The van der Waals surface area contributed by atoms with Gasteiger partial charge in [0.15, 0.2) is 0 Å². The molecule has 0 fully saturated rings. The Morgan fingerprint density at radius 3 is 2.90 bits per heavy atom. The summed E-state index contributed by atoms with van der Waals surface area (Å²) < 4.78 is 5.20. The molecule has 0 bridgehead atoms. The summed E-state index contributed by atoms with van der Waals surface area (Å²) in [6, 6.07) is 5.58. The Balaban J connectivity index is 1.92. The maximum absolute atomic E-state index is 11.9. The molecule has 4 nitrogen and oxygen atoms in total. The zero-order valence-corrected chi connectivity index (χ0v) is 13.1. The van der Waals surface area contributed by atoms with Crippen LogP contribution < -0.4 is 5.43 Å². The van der Waals surface area contributed by atoms with E-state index in [2.05, 4.69) is 24.4 Å². The summed E-state index contributed by atoms with van der Waals surface area (Å²) in [5.41, 5.74) is 4.06. The van der Waals surface area contributed by atoms with E-state index >= 15 is 0 Å². The minimum Gasteiger partial charge on any atom is -0.465 e. The number of hydrogen-bond acceptors (Lipinski definition) is 4. The number of rotatable bonds is 5. The number of allylic oxidation sites excluding steroid dienone is 1. The Bertz CT molecular complexity index is 652. The Morgan fingerprint density at radius 1 is 1.48 bits per heavy atom. The van der Waals surface area contributed by atoms with Crippen molar-refractivity contribution in [3.63, 3.8) is 0 Å². The first-order valence-corrected chi connectivity index (χ1v) is 7.58. The van der Waals surface area contributed by atoms with Gasteiger partial charge in [0.2, 0.25) is 0 Å². The molecule has 110 valence electrons. The lowest BCUT2D eigenvalue weighted by molar-refractivity contribution is 0.0955. The van der Waals surface area contributed by atoms with Crippen LogP contribution in [0.15, 0.2) is 44.9 Å². The van der Waals surface area contributed by atoms with E-state index in [1.807, 2.05) is 36.6 Å². The summed E-state index contributed by atoms with van der Waals surface area (Å²) in [4.78, 5) is 13.1. The number of nitrogens with one attached hydrogen (secondary N) is 1. The van der Waals surface area contributed by atoms with Crippen LogP contribution in [-0.4, -0.2) is 12.1 Å². The van der Waals surface area contributed by atoms with E-state index in [0.29, 0.717) is 11.5 Å². The van der Waals surface area contributed by atoms with Crippen LogP contribution in [0.4, 0.5) is 0 Å². The SMILES string of the molecule is C/C(C=NNC(=O)c1csc(C(C)C)c1)=C/c1ccco1. The lowest BCUT2D eigenvalue weighted by atomic mass is 10.1. The predicted molar refractivity (Wildman–Crippen MR) is 86.7 cm³/mol. The molecule has 0 atom stereocenters. The lowest BCUT2D eigenvalue weighted by Crippen LogP contribution is -2.16. The fraction of sp³-hybridized carbons (Fsp3) is 0.250. The number of carbonyl (C=O) groups is 1. The summed E-state index contributed by atoms with van der Waals surface area (Å²) >= 11 is 1.59. The monoisotopic (exact) mass is 302 g/mol. The molecule has 0 saturated heterocycles. The standard InChI is InChI=1S/C16H18N2O2S/c1-11(2)15-8-13(10-21-15)16(19)18-17-9-12(3)7-14-5-4-6-20-14/h4-11H,1-3H3,(H,18,19)/b12-7-,17-9?. The van der Waals surface area contributed by atoms with Gasteiger partial charge in [0.1, 0.15) is 5.76 Å². The molecule has 21 heavy (non-hydrogen) atoms. The third-order valence-electron chi connectivity index (χ3n) is 2.80. The van der Waals surface area contributed by atoms with Gasteiger partial charge in [-0.1, -0.05) is 13.8 Å². The quantitative estimate of drug-likeness (QED) is 0.662. The van der Waals surface area contributed by atoms with Crippen molar-refractivity contribution in [1.29, 1.82) is 0 Å². The van der Waals surface area contributed by atoms with Gasteiger partial charge in [0.25, 0.3) is 5.91 Å². The number of carbonyl (C=O) groups excluding carboxylic acids is 1. The molecule has 0 aromatic carbocycles. The van der Waals surface area contributed by atoms with Crippen LogP contribution in [-0.2, 0) is 0 Å². The zero-order chi connectivity index (χ0) is 15.2. The maximum atomic E-state index is 11.9. The molecule has 2 aromatic rings. The third-order valence-corrected chi connectivity index (χ3v) is 4.03. The molecule has 0 saturated carbocycles. The molecule has 0 unspecified atom stereocenters. The van der Waals surface area contributed by atoms with Crippen molar-refractivity contribution in [2.75, 3.05) is 0 Å². The topological polar surface area (TPSA) is 54.6 Å². The van der Waals surface area contributed by atoms with Crippen molar-refractivity contribution in [1.82, 2.24) is 5.43 Å². The minimum atomic E-state index is -0.194. The molecule has 2 heterocycles. The van der Waals surface area contributed by atoms with Gasteiger partial charge < -0.3 is 4.42 Å². The lowest BCUT2D eigenvalue weighted by Gasteiger charge is -1.98. The van der Waals surface area contributed by atoms with E-state index in [1.165, 1.54) is 4.88 Å². The largest absolute Gasteiger partial charge is 0.465 e. The van der Waals surface area contributed by atoms with Gasteiger partial charge in [0.05, 0.1) is 18.0 Å². The van der Waals surface area contributed by atoms with E-state index in [1.54, 1.807) is 23.8 Å². The second-order valence-electron chi connectivity index (χ2n) is 5.00. The summed E-state index contributed by atoms with van der Waals surface area (Å²) in [6.07, 6.45) is 5.05. The van der Waals surface area contributed by atoms with Crippen LogP contribution in [0, 0.1) is 0 Å². The van der Waals surface area contributed by atoms with Gasteiger partial charge in [-0.25, -0.2) is 5.43 Å². The summed E-state index contributed by atoms with van der Waals surface area (Å²) in [5.74, 6) is 0.989. The molecular weight excluding hydrogens is 284 g/mol. The molecule has 2 rings (SSSR count). The van der Waals surface area contributed by atoms with E-state index < -0.39 is 0 Å². The predicted octanol–water partition coefficient (Wildman–Crippen LogP) is 4.28. The molecule has 5 heteroatoms. The number of nitrogens with zero attached hydrogens (tertiary/aromatic N) is 1. The molecule has 1 N–H and O–H groups in total. The van der Waals surface area contributed by atoms with Gasteiger partial charge in [-0.05, 0) is 42.7 Å². The average Bonchev–Trinajstić information content (AvgIpc) is 3.09. The van der Waals surface area contributed by atoms with Crippen LogP contribution in [0.3, 0.4) is 0 Å². The normalized spacial score (nSPS) is 12.3. The van der Waals surface area contributed by atoms with Gasteiger partial charge >= 0.3 is 0 Å². The van der Waals surface area contributed by atoms with Gasteiger partial charge in [-0.15, -0.1) is 11.3 Å². The van der Waals surface area contributed by atoms with Crippen molar-refractivity contribution in [2.45, 2.75) is 26.7 Å². The fourth-order valence-corrected chi connectivity index (χ4v) is 2.57. The number of thiophene rings is 1. The molecule has 0 aliphatic rings. The maximum Gasteiger partial charge on any atom is 0.272 e. The first kappa shape index (κ1) is 15.3. The molecule has 2 aromatic heterocycles. The van der Waals surface area contributed by atoms with E-state index in [-0.39, 0.29) is 5.91 Å². The molecule has 0 aliphatic carbocycles. The van der Waals surface area contributed by atoms with Crippen LogP contribution in [0.2, 0.25) is 0 Å². The number of furan rings is 1. The van der Waals surface area contributed by atoms with Crippen molar-refractivity contribution in [3.05, 3.63) is 51.6 Å². The highest BCUT2D eigenvalue weighted by Crippen LogP contribution is 2.22. The average molecular weight is 302 g/mol. The van der Waals surface area contributed by atoms with Gasteiger partial charge in [0, 0.05) is 10.3 Å². The Hall–Kier alpha value is -2.14. The number of hydrazone groups is 1. The highest BCUT2D eigenvalue weighted by Gasteiger charge is 2.09. The van der Waals surface area contributed by atoms with E-state index in [4.69, 9.17) is 4.42 Å². The number of amides is 1. The van der Waals surface area contributed by atoms with Crippen molar-refractivity contribution < 1.29 is 9.21 Å². The van der Waals surface area contributed by atoms with Crippen molar-refractivity contribution >= 4 is 29.5 Å². The van der Waals surface area contributed by atoms with Crippen molar-refractivity contribution in [2.24, 2.45) is 5.10 Å². The third kappa shape index (κ3) is 4.43.